The van der Waals surface area contributed by atoms with Gasteiger partial charge < -0.3 is 18.9 Å². The van der Waals surface area contributed by atoms with E-state index >= 15 is 0 Å². The summed E-state index contributed by atoms with van der Waals surface area (Å²) in [5.41, 5.74) is 0. The van der Waals surface area contributed by atoms with E-state index in [9.17, 15) is 0 Å². The molecule has 104 valence electrons. The summed E-state index contributed by atoms with van der Waals surface area (Å²) in [6.45, 7) is 9.66. The van der Waals surface area contributed by atoms with Crippen molar-refractivity contribution in [3.8, 4) is 0 Å². The quantitative estimate of drug-likeness (QED) is 0.252. The normalized spacial score (nSPS) is 12.4. The van der Waals surface area contributed by atoms with Crippen LogP contribution in [0.25, 0.3) is 0 Å². The van der Waals surface area contributed by atoms with Crippen molar-refractivity contribution < 1.29 is 18.9 Å². The number of hydrogen-bond acceptors (Lipinski definition) is 4. The van der Waals surface area contributed by atoms with E-state index < -0.39 is 7.74 Å². The van der Waals surface area contributed by atoms with E-state index in [2.05, 4.69) is 19.6 Å². The molecule has 0 radical (unpaired) electrons. The van der Waals surface area contributed by atoms with Crippen LogP contribution in [0.4, 0.5) is 0 Å². The minimum absolute atomic E-state index is 0.0428. The van der Waals surface area contributed by atoms with Gasteiger partial charge in [0.05, 0.1) is 21.0 Å². The van der Waals surface area contributed by atoms with Crippen molar-refractivity contribution in [1.29, 1.82) is 0 Å². The van der Waals surface area contributed by atoms with Crippen molar-refractivity contribution in [1.82, 2.24) is 0 Å². The summed E-state index contributed by atoms with van der Waals surface area (Å²) in [7, 11) is 2.26. The van der Waals surface area contributed by atoms with Crippen LogP contribution in [0.2, 0.25) is 19.6 Å². The van der Waals surface area contributed by atoms with Crippen LogP contribution in [0.1, 0.15) is 0 Å². The molecule has 17 heavy (non-hydrogen) atoms. The maximum atomic E-state index is 5.39. The molecule has 0 aromatic heterocycles. The Balaban J connectivity index is 3.81. The standard InChI is InChI=1S/C11H27O4PSi/c1-12-10-14-6-8-16(17(3,4)5)9-7-15-11-13-2/h6-11H2,1-5H3. The second-order valence-electron chi connectivity index (χ2n) is 4.79. The molecule has 0 aliphatic carbocycles. The van der Waals surface area contributed by atoms with Gasteiger partial charge in [-0.2, -0.15) is 0 Å². The third-order valence-corrected chi connectivity index (χ3v) is 12.7. The molecular formula is C11H27O4PSi. The first kappa shape index (κ1) is 17.5. The Hall–Kier alpha value is 0.487. The third-order valence-electron chi connectivity index (χ3n) is 2.36. The first-order valence-electron chi connectivity index (χ1n) is 5.90. The summed E-state index contributed by atoms with van der Waals surface area (Å²) >= 11 is 0. The fraction of sp³-hybridized carbons (Fsp3) is 1.00. The highest BCUT2D eigenvalue weighted by Gasteiger charge is 2.25. The van der Waals surface area contributed by atoms with Crippen LogP contribution >= 0.6 is 7.47 Å². The maximum Gasteiger partial charge on any atom is 0.146 e. The minimum Gasteiger partial charge on any atom is -0.359 e. The van der Waals surface area contributed by atoms with Gasteiger partial charge in [-0.25, -0.2) is 0 Å². The van der Waals surface area contributed by atoms with Gasteiger partial charge in [0, 0.05) is 14.2 Å². The Morgan fingerprint density at radius 3 is 1.53 bits per heavy atom. The molecule has 0 bridgehead atoms. The van der Waals surface area contributed by atoms with Gasteiger partial charge in [0.15, 0.2) is 0 Å². The van der Waals surface area contributed by atoms with Crippen LogP contribution in [-0.4, -0.2) is 61.1 Å². The van der Waals surface area contributed by atoms with Crippen molar-refractivity contribution in [3.05, 3.63) is 0 Å². The molecule has 0 aliphatic rings. The summed E-state index contributed by atoms with van der Waals surface area (Å²) in [5.74, 6) is 0. The van der Waals surface area contributed by atoms with Crippen molar-refractivity contribution in [2.75, 3.05) is 53.3 Å². The predicted octanol–water partition coefficient (Wildman–Crippen LogP) is 2.54. The summed E-state index contributed by atoms with van der Waals surface area (Å²) in [6, 6.07) is 0. The fourth-order valence-corrected chi connectivity index (χ4v) is 8.25. The van der Waals surface area contributed by atoms with Gasteiger partial charge in [-0.05, 0) is 12.3 Å². The molecule has 6 heteroatoms. The molecule has 0 fully saturated rings. The molecule has 0 N–H and O–H groups in total. The van der Waals surface area contributed by atoms with Crippen LogP contribution in [0, 0.1) is 0 Å². The molecule has 0 atom stereocenters. The van der Waals surface area contributed by atoms with E-state index in [-0.39, 0.29) is 7.47 Å². The van der Waals surface area contributed by atoms with Crippen LogP contribution in [0.3, 0.4) is 0 Å². The number of methoxy groups -OCH3 is 2. The van der Waals surface area contributed by atoms with Gasteiger partial charge >= 0.3 is 0 Å². The van der Waals surface area contributed by atoms with Crippen LogP contribution < -0.4 is 0 Å². The highest BCUT2D eigenvalue weighted by molar-refractivity contribution is 7.94. The third kappa shape index (κ3) is 10.1. The lowest BCUT2D eigenvalue weighted by atomic mass is 10.8. The lowest BCUT2D eigenvalue weighted by Crippen LogP contribution is -2.24. The van der Waals surface area contributed by atoms with Crippen molar-refractivity contribution in [2.45, 2.75) is 19.6 Å². The predicted molar refractivity (Wildman–Crippen MR) is 75.7 cm³/mol. The van der Waals surface area contributed by atoms with Crippen LogP contribution in [0.5, 0.6) is 0 Å². The SMILES string of the molecule is COCOCCP(CCOCOC)[Si](C)(C)C. The average Bonchev–Trinajstić information content (AvgIpc) is 2.25. The van der Waals surface area contributed by atoms with Gasteiger partial charge in [0.2, 0.25) is 0 Å². The van der Waals surface area contributed by atoms with Crippen LogP contribution in [-0.2, 0) is 18.9 Å². The number of hydrogen-bond donors (Lipinski definition) is 0. The van der Waals surface area contributed by atoms with E-state index in [1.807, 2.05) is 0 Å². The van der Waals surface area contributed by atoms with E-state index in [1.165, 1.54) is 0 Å². The van der Waals surface area contributed by atoms with Gasteiger partial charge in [-0.3, -0.25) is 0 Å². The van der Waals surface area contributed by atoms with E-state index in [4.69, 9.17) is 18.9 Å². The average molecular weight is 282 g/mol. The summed E-state index contributed by atoms with van der Waals surface area (Å²) in [4.78, 5) is 0. The Labute approximate surface area is 108 Å². The lowest BCUT2D eigenvalue weighted by molar-refractivity contribution is -0.0253. The molecular weight excluding hydrogens is 255 g/mol. The van der Waals surface area contributed by atoms with Crippen molar-refractivity contribution in [3.63, 3.8) is 0 Å². The molecule has 0 amide bonds. The zero-order valence-electron chi connectivity index (χ0n) is 11.8. The Bertz CT molecular complexity index is 163. The zero-order chi connectivity index (χ0) is 13.1. The van der Waals surface area contributed by atoms with E-state index in [0.717, 1.165) is 25.5 Å². The molecule has 0 heterocycles. The van der Waals surface area contributed by atoms with Gasteiger partial charge in [0.1, 0.15) is 13.6 Å². The monoisotopic (exact) mass is 282 g/mol. The number of ether oxygens (including phenoxy) is 4. The Morgan fingerprint density at radius 2 is 1.24 bits per heavy atom. The fourth-order valence-electron chi connectivity index (χ4n) is 1.42. The van der Waals surface area contributed by atoms with Crippen molar-refractivity contribution >= 4 is 15.2 Å². The van der Waals surface area contributed by atoms with Gasteiger partial charge in [0.25, 0.3) is 0 Å². The van der Waals surface area contributed by atoms with Crippen molar-refractivity contribution in [2.24, 2.45) is 0 Å². The molecule has 0 saturated heterocycles. The largest absolute Gasteiger partial charge is 0.359 e. The summed E-state index contributed by atoms with van der Waals surface area (Å²) in [6.07, 6.45) is 2.31. The summed E-state index contributed by atoms with van der Waals surface area (Å²) in [5, 5.41) is 0. The van der Waals surface area contributed by atoms with Crippen LogP contribution in [0.15, 0.2) is 0 Å². The molecule has 0 rings (SSSR count). The minimum atomic E-state index is -1.08. The molecule has 0 unspecified atom stereocenters. The molecule has 0 aromatic rings. The number of rotatable bonds is 11. The molecule has 0 saturated carbocycles. The first-order valence-corrected chi connectivity index (χ1v) is 12.0. The second kappa shape index (κ2) is 10.4. The highest BCUT2D eigenvalue weighted by Crippen LogP contribution is 2.45. The van der Waals surface area contributed by atoms with E-state index in [0.29, 0.717) is 13.6 Å². The molecule has 0 aliphatic heterocycles. The summed E-state index contributed by atoms with van der Waals surface area (Å²) < 4.78 is 20.5. The molecule has 4 nitrogen and oxygen atoms in total. The smallest absolute Gasteiger partial charge is 0.146 e. The second-order valence-corrected chi connectivity index (χ2v) is 17.0. The first-order chi connectivity index (χ1) is 8.02. The lowest BCUT2D eigenvalue weighted by Gasteiger charge is -2.29. The Morgan fingerprint density at radius 1 is 0.824 bits per heavy atom. The Kier molecular flexibility index (Phi) is 10.7. The zero-order valence-corrected chi connectivity index (χ0v) is 13.7. The maximum absolute atomic E-state index is 5.39. The van der Waals surface area contributed by atoms with Gasteiger partial charge in [-0.15, -0.1) is 7.47 Å². The molecule has 0 spiro atoms. The highest BCUT2D eigenvalue weighted by atomic mass is 31.4. The molecule has 0 aromatic carbocycles. The topological polar surface area (TPSA) is 36.9 Å². The van der Waals surface area contributed by atoms with Gasteiger partial charge in [-0.1, -0.05) is 19.6 Å². The van der Waals surface area contributed by atoms with E-state index in [1.54, 1.807) is 14.2 Å².